The lowest BCUT2D eigenvalue weighted by Crippen LogP contribution is -2.40. The molecule has 2 aromatic carbocycles. The number of amides is 2. The van der Waals surface area contributed by atoms with Crippen LogP contribution in [-0.4, -0.2) is 24.2 Å². The van der Waals surface area contributed by atoms with Crippen molar-refractivity contribution in [1.82, 2.24) is 0 Å². The van der Waals surface area contributed by atoms with Crippen LogP contribution in [0.15, 0.2) is 54.6 Å². The Kier molecular flexibility index (Phi) is 4.19. The minimum absolute atomic E-state index is 0.0898. The normalized spacial score (nSPS) is 31.5. The zero-order valence-electron chi connectivity index (χ0n) is 18.2. The molecule has 1 aliphatic heterocycles. The van der Waals surface area contributed by atoms with Gasteiger partial charge in [0, 0.05) is 11.6 Å². The highest BCUT2D eigenvalue weighted by Gasteiger charge is 2.67. The molecule has 1 saturated heterocycles. The van der Waals surface area contributed by atoms with E-state index in [1.807, 2.05) is 26.0 Å². The average molecular weight is 428 g/mol. The van der Waals surface area contributed by atoms with Crippen molar-refractivity contribution >= 4 is 23.3 Å². The summed E-state index contributed by atoms with van der Waals surface area (Å²) in [4.78, 5) is 40.5. The summed E-state index contributed by atoms with van der Waals surface area (Å²) in [5.41, 5.74) is 3.33. The molecule has 2 saturated carbocycles. The van der Waals surface area contributed by atoms with E-state index < -0.39 is 0 Å². The molecule has 2 bridgehead atoms. The van der Waals surface area contributed by atoms with Crippen molar-refractivity contribution in [2.24, 2.45) is 35.5 Å². The molecule has 0 N–H and O–H groups in total. The SMILES string of the molecule is Cc1ccc(C(=O)COc2cccc(N3C(=O)[C@@H]4[C@H]5C=C[C@@H]([C@@H]6C[C@@H]56)[C@H]4C3=O)c2)cc1C. The van der Waals surface area contributed by atoms with E-state index in [0.29, 0.717) is 28.8 Å². The van der Waals surface area contributed by atoms with Gasteiger partial charge in [-0.05, 0) is 73.3 Å². The fourth-order valence-corrected chi connectivity index (χ4v) is 6.07. The molecule has 5 heteroatoms. The number of ether oxygens (including phenoxy) is 1. The molecular weight excluding hydrogens is 402 g/mol. The largest absolute Gasteiger partial charge is 0.485 e. The van der Waals surface area contributed by atoms with Gasteiger partial charge in [-0.2, -0.15) is 0 Å². The first-order valence-electron chi connectivity index (χ1n) is 11.3. The van der Waals surface area contributed by atoms with Crippen LogP contribution in [0.5, 0.6) is 5.75 Å². The number of carbonyl (C=O) groups excluding carboxylic acids is 3. The highest BCUT2D eigenvalue weighted by molar-refractivity contribution is 6.22. The number of nitrogens with zero attached hydrogens (tertiary/aromatic N) is 1. The second-order valence-corrected chi connectivity index (χ2v) is 9.67. The zero-order chi connectivity index (χ0) is 22.1. The highest BCUT2D eigenvalue weighted by atomic mass is 16.5. The van der Waals surface area contributed by atoms with Crippen molar-refractivity contribution in [1.29, 1.82) is 0 Å². The number of benzene rings is 2. The summed E-state index contributed by atoms with van der Waals surface area (Å²) < 4.78 is 5.75. The van der Waals surface area contributed by atoms with E-state index in [2.05, 4.69) is 12.2 Å². The van der Waals surface area contributed by atoms with Gasteiger partial charge in [-0.1, -0.05) is 30.4 Å². The second-order valence-electron chi connectivity index (χ2n) is 9.67. The lowest BCUT2D eigenvalue weighted by Gasteiger charge is -2.37. The number of carbonyl (C=O) groups is 3. The van der Waals surface area contributed by atoms with E-state index in [0.717, 1.165) is 17.5 Å². The predicted octanol–water partition coefficient (Wildman–Crippen LogP) is 4.12. The quantitative estimate of drug-likeness (QED) is 0.409. The first-order valence-corrected chi connectivity index (χ1v) is 11.3. The van der Waals surface area contributed by atoms with E-state index in [4.69, 9.17) is 4.74 Å². The first kappa shape index (κ1) is 19.5. The first-order chi connectivity index (χ1) is 15.4. The summed E-state index contributed by atoms with van der Waals surface area (Å²) in [5.74, 6) is 1.29. The van der Waals surface area contributed by atoms with Gasteiger partial charge in [-0.15, -0.1) is 0 Å². The van der Waals surface area contributed by atoms with Gasteiger partial charge in [0.1, 0.15) is 5.75 Å². The number of Topliss-reactive ketones (excluding diaryl/α,β-unsaturated/α-hetero) is 1. The van der Waals surface area contributed by atoms with Gasteiger partial charge in [0.2, 0.25) is 11.8 Å². The average Bonchev–Trinajstić information content (AvgIpc) is 3.57. The molecule has 0 unspecified atom stereocenters. The predicted molar refractivity (Wildman–Crippen MR) is 119 cm³/mol. The maximum atomic E-state index is 13.3. The Morgan fingerprint density at radius 3 is 2.28 bits per heavy atom. The molecule has 4 aliphatic carbocycles. The number of anilines is 1. The Morgan fingerprint density at radius 1 is 0.938 bits per heavy atom. The number of rotatable bonds is 5. The van der Waals surface area contributed by atoms with E-state index in [1.165, 1.54) is 4.90 Å². The Bertz CT molecular complexity index is 1160. The summed E-state index contributed by atoms with van der Waals surface area (Å²) in [7, 11) is 0. The summed E-state index contributed by atoms with van der Waals surface area (Å²) in [6, 6.07) is 12.6. The molecule has 2 aromatic rings. The van der Waals surface area contributed by atoms with Crippen molar-refractivity contribution in [3.63, 3.8) is 0 Å². The van der Waals surface area contributed by atoms with Crippen LogP contribution >= 0.6 is 0 Å². The van der Waals surface area contributed by atoms with Crippen LogP contribution in [0.2, 0.25) is 0 Å². The molecule has 0 radical (unpaired) electrons. The monoisotopic (exact) mass is 427 g/mol. The Labute approximate surface area is 187 Å². The van der Waals surface area contributed by atoms with Crippen LogP contribution in [0.3, 0.4) is 0 Å². The minimum atomic E-state index is -0.225. The number of imide groups is 1. The molecule has 0 aromatic heterocycles. The number of hydrogen-bond acceptors (Lipinski definition) is 4. The van der Waals surface area contributed by atoms with Gasteiger partial charge in [0.05, 0.1) is 17.5 Å². The molecule has 32 heavy (non-hydrogen) atoms. The molecule has 162 valence electrons. The van der Waals surface area contributed by atoms with Crippen molar-refractivity contribution in [2.75, 3.05) is 11.5 Å². The van der Waals surface area contributed by atoms with Crippen LogP contribution in [0.4, 0.5) is 5.69 Å². The third-order valence-electron chi connectivity index (χ3n) is 7.94. The fourth-order valence-electron chi connectivity index (χ4n) is 6.07. The summed E-state index contributed by atoms with van der Waals surface area (Å²) in [6.45, 7) is 3.88. The summed E-state index contributed by atoms with van der Waals surface area (Å²) >= 11 is 0. The fraction of sp³-hybridized carbons (Fsp3) is 0.370. The Morgan fingerprint density at radius 2 is 1.62 bits per heavy atom. The van der Waals surface area contributed by atoms with E-state index in [-0.39, 0.29) is 47.9 Å². The van der Waals surface area contributed by atoms with Gasteiger partial charge in [-0.3, -0.25) is 14.4 Å². The molecule has 7 rings (SSSR count). The van der Waals surface area contributed by atoms with E-state index in [1.54, 1.807) is 30.3 Å². The van der Waals surface area contributed by atoms with Crippen LogP contribution < -0.4 is 9.64 Å². The molecule has 1 heterocycles. The lowest BCUT2D eigenvalue weighted by molar-refractivity contribution is -0.124. The molecule has 0 spiro atoms. The summed E-state index contributed by atoms with van der Waals surface area (Å²) in [5, 5.41) is 0. The van der Waals surface area contributed by atoms with Gasteiger partial charge < -0.3 is 4.74 Å². The van der Waals surface area contributed by atoms with E-state index in [9.17, 15) is 14.4 Å². The van der Waals surface area contributed by atoms with Crippen molar-refractivity contribution in [3.05, 3.63) is 71.3 Å². The van der Waals surface area contributed by atoms with Crippen molar-refractivity contribution < 1.29 is 19.1 Å². The second kappa shape index (κ2) is 6.89. The Hall–Kier alpha value is -3.21. The van der Waals surface area contributed by atoms with Gasteiger partial charge in [0.15, 0.2) is 12.4 Å². The van der Waals surface area contributed by atoms with Gasteiger partial charge in [0.25, 0.3) is 0 Å². The number of hydrogen-bond donors (Lipinski definition) is 0. The van der Waals surface area contributed by atoms with Crippen LogP contribution in [0, 0.1) is 49.4 Å². The molecule has 2 amide bonds. The maximum Gasteiger partial charge on any atom is 0.238 e. The lowest BCUT2D eigenvalue weighted by atomic mass is 9.63. The maximum absolute atomic E-state index is 13.3. The van der Waals surface area contributed by atoms with Gasteiger partial charge in [-0.25, -0.2) is 4.90 Å². The standard InChI is InChI=1S/C27H25NO4/c1-14-6-7-16(10-15(14)2)23(29)13-32-18-5-3-4-17(11-18)28-26(30)24-19-8-9-20(22-12-21(19)22)25(24)27(28)31/h3-11,19-22,24-25H,12-13H2,1-2H3/t19-,20-,21-,22-,24+,25+/m0/s1. The number of ketones is 1. The molecule has 5 aliphatic rings. The molecule has 3 fully saturated rings. The highest BCUT2D eigenvalue weighted by Crippen LogP contribution is 2.65. The third kappa shape index (κ3) is 2.80. The smallest absolute Gasteiger partial charge is 0.238 e. The van der Waals surface area contributed by atoms with Crippen molar-refractivity contribution in [3.8, 4) is 5.75 Å². The van der Waals surface area contributed by atoms with Crippen LogP contribution in [0.1, 0.15) is 27.9 Å². The van der Waals surface area contributed by atoms with E-state index >= 15 is 0 Å². The Balaban J connectivity index is 1.20. The minimum Gasteiger partial charge on any atom is -0.485 e. The number of aryl methyl sites for hydroxylation is 2. The third-order valence-corrected chi connectivity index (χ3v) is 7.94. The van der Waals surface area contributed by atoms with Crippen LogP contribution in [-0.2, 0) is 9.59 Å². The van der Waals surface area contributed by atoms with Gasteiger partial charge >= 0.3 is 0 Å². The molecular formula is C27H25NO4. The topological polar surface area (TPSA) is 63.7 Å². The molecule has 5 nitrogen and oxygen atoms in total. The number of allylic oxidation sites excluding steroid dienone is 2. The van der Waals surface area contributed by atoms with Crippen molar-refractivity contribution in [2.45, 2.75) is 20.3 Å². The van der Waals surface area contributed by atoms with Crippen LogP contribution in [0.25, 0.3) is 0 Å². The zero-order valence-corrected chi connectivity index (χ0v) is 18.2. The molecule has 6 atom stereocenters. The summed E-state index contributed by atoms with van der Waals surface area (Å²) in [6.07, 6.45) is 5.49.